The Morgan fingerprint density at radius 3 is 2.76 bits per heavy atom. The molecule has 5 nitrogen and oxygen atoms in total. The Morgan fingerprint density at radius 2 is 2.04 bits per heavy atom. The maximum atomic E-state index is 12.0. The summed E-state index contributed by atoms with van der Waals surface area (Å²) in [5, 5.41) is 9.73. The predicted molar refractivity (Wildman–Crippen MR) is 101 cm³/mol. The SMILES string of the molecule is CCOc1ccc(NC(=O)NCc2ccnc(-c3ccsc3)c2)cc1. The summed E-state index contributed by atoms with van der Waals surface area (Å²) in [5.41, 5.74) is 3.71. The number of carbonyl (C=O) groups is 1. The molecular formula is C19H19N3O2S. The number of carbonyl (C=O) groups excluding carboxylic acids is 1. The number of thiophene rings is 1. The lowest BCUT2D eigenvalue weighted by molar-refractivity contribution is 0.251. The molecule has 2 aromatic heterocycles. The number of hydrogen-bond donors (Lipinski definition) is 2. The molecule has 0 spiro atoms. The molecule has 2 N–H and O–H groups in total. The number of hydrogen-bond acceptors (Lipinski definition) is 4. The van der Waals surface area contributed by atoms with Gasteiger partial charge in [-0.1, -0.05) is 0 Å². The third-order valence-electron chi connectivity index (χ3n) is 3.52. The highest BCUT2D eigenvalue weighted by Gasteiger charge is 2.04. The van der Waals surface area contributed by atoms with Gasteiger partial charge in [-0.2, -0.15) is 11.3 Å². The van der Waals surface area contributed by atoms with Gasteiger partial charge in [0, 0.05) is 29.4 Å². The molecule has 0 bridgehead atoms. The zero-order valence-electron chi connectivity index (χ0n) is 13.9. The second-order valence-electron chi connectivity index (χ2n) is 5.33. The molecule has 0 unspecified atom stereocenters. The van der Waals surface area contributed by atoms with E-state index >= 15 is 0 Å². The highest BCUT2D eigenvalue weighted by Crippen LogP contribution is 2.20. The van der Waals surface area contributed by atoms with Gasteiger partial charge in [-0.15, -0.1) is 0 Å². The fourth-order valence-corrected chi connectivity index (χ4v) is 2.96. The van der Waals surface area contributed by atoms with Crippen LogP contribution in [-0.4, -0.2) is 17.6 Å². The van der Waals surface area contributed by atoms with Crippen LogP contribution >= 0.6 is 11.3 Å². The summed E-state index contributed by atoms with van der Waals surface area (Å²) in [6.45, 7) is 2.98. The van der Waals surface area contributed by atoms with Gasteiger partial charge in [0.1, 0.15) is 5.75 Å². The van der Waals surface area contributed by atoms with Gasteiger partial charge in [0.15, 0.2) is 0 Å². The lowest BCUT2D eigenvalue weighted by Gasteiger charge is -2.09. The number of rotatable bonds is 6. The Balaban J connectivity index is 1.54. The molecule has 0 saturated carbocycles. The summed E-state index contributed by atoms with van der Waals surface area (Å²) in [5.74, 6) is 0.784. The molecule has 0 radical (unpaired) electrons. The Labute approximate surface area is 150 Å². The monoisotopic (exact) mass is 353 g/mol. The largest absolute Gasteiger partial charge is 0.494 e. The highest BCUT2D eigenvalue weighted by atomic mass is 32.1. The summed E-state index contributed by atoms with van der Waals surface area (Å²) in [6, 6.07) is 12.9. The zero-order valence-corrected chi connectivity index (χ0v) is 14.7. The standard InChI is InChI=1S/C19H19N3O2S/c1-2-24-17-5-3-16(4-6-17)22-19(23)21-12-14-7-9-20-18(11-14)15-8-10-25-13-15/h3-11,13H,2,12H2,1H3,(H2,21,22,23). The summed E-state index contributed by atoms with van der Waals surface area (Å²) in [7, 11) is 0. The number of amides is 2. The van der Waals surface area contributed by atoms with Crippen molar-refractivity contribution < 1.29 is 9.53 Å². The molecule has 3 rings (SSSR count). The van der Waals surface area contributed by atoms with E-state index in [1.54, 1.807) is 17.5 Å². The summed E-state index contributed by atoms with van der Waals surface area (Å²) in [6.07, 6.45) is 1.76. The number of aromatic nitrogens is 1. The van der Waals surface area contributed by atoms with Gasteiger partial charge in [-0.05, 0) is 60.3 Å². The van der Waals surface area contributed by atoms with Crippen molar-refractivity contribution in [3.63, 3.8) is 0 Å². The Morgan fingerprint density at radius 1 is 1.20 bits per heavy atom. The molecular weight excluding hydrogens is 334 g/mol. The minimum absolute atomic E-state index is 0.252. The zero-order chi connectivity index (χ0) is 17.5. The number of pyridine rings is 1. The number of ether oxygens (including phenoxy) is 1. The van der Waals surface area contributed by atoms with Crippen LogP contribution in [0.4, 0.5) is 10.5 Å². The molecule has 128 valence electrons. The molecule has 0 aliphatic heterocycles. The first-order valence-electron chi connectivity index (χ1n) is 8.00. The number of urea groups is 1. The molecule has 0 saturated heterocycles. The van der Waals surface area contributed by atoms with Crippen LogP contribution in [0, 0.1) is 0 Å². The van der Waals surface area contributed by atoms with Crippen LogP contribution in [0.3, 0.4) is 0 Å². The molecule has 0 aliphatic carbocycles. The normalized spacial score (nSPS) is 10.3. The van der Waals surface area contributed by atoms with Gasteiger partial charge in [0.2, 0.25) is 0 Å². The molecule has 1 aromatic carbocycles. The van der Waals surface area contributed by atoms with E-state index in [0.717, 1.165) is 28.3 Å². The van der Waals surface area contributed by atoms with Crippen molar-refractivity contribution in [1.29, 1.82) is 0 Å². The molecule has 0 fully saturated rings. The summed E-state index contributed by atoms with van der Waals surface area (Å²) >= 11 is 1.64. The van der Waals surface area contributed by atoms with Crippen LogP contribution in [0.2, 0.25) is 0 Å². The molecule has 2 amide bonds. The number of anilines is 1. The number of nitrogens with zero attached hydrogens (tertiary/aromatic N) is 1. The van der Waals surface area contributed by atoms with Gasteiger partial charge in [0.25, 0.3) is 0 Å². The number of nitrogens with one attached hydrogen (secondary N) is 2. The van der Waals surface area contributed by atoms with Gasteiger partial charge in [-0.3, -0.25) is 4.98 Å². The van der Waals surface area contributed by atoms with E-state index in [1.807, 2.05) is 54.8 Å². The first kappa shape index (κ1) is 17.0. The van der Waals surface area contributed by atoms with Crippen LogP contribution in [0.1, 0.15) is 12.5 Å². The molecule has 6 heteroatoms. The van der Waals surface area contributed by atoms with Crippen molar-refractivity contribution in [1.82, 2.24) is 10.3 Å². The van der Waals surface area contributed by atoms with Gasteiger partial charge < -0.3 is 15.4 Å². The quantitative estimate of drug-likeness (QED) is 0.684. The Hall–Kier alpha value is -2.86. The molecule has 3 aromatic rings. The summed E-state index contributed by atoms with van der Waals surface area (Å²) in [4.78, 5) is 16.4. The average Bonchev–Trinajstić information content (AvgIpc) is 3.17. The Kier molecular flexibility index (Phi) is 5.64. The van der Waals surface area contributed by atoms with Crippen molar-refractivity contribution in [3.8, 4) is 17.0 Å². The molecule has 25 heavy (non-hydrogen) atoms. The maximum Gasteiger partial charge on any atom is 0.319 e. The van der Waals surface area contributed by atoms with E-state index in [1.165, 1.54) is 0 Å². The minimum atomic E-state index is -0.252. The third-order valence-corrected chi connectivity index (χ3v) is 4.20. The maximum absolute atomic E-state index is 12.0. The third kappa shape index (κ3) is 4.81. The first-order valence-corrected chi connectivity index (χ1v) is 8.94. The highest BCUT2D eigenvalue weighted by molar-refractivity contribution is 7.08. The van der Waals surface area contributed by atoms with Crippen LogP contribution in [0.5, 0.6) is 5.75 Å². The van der Waals surface area contributed by atoms with Crippen LogP contribution in [-0.2, 0) is 6.54 Å². The van der Waals surface area contributed by atoms with E-state index in [9.17, 15) is 4.79 Å². The van der Waals surface area contributed by atoms with Crippen molar-refractivity contribution in [3.05, 3.63) is 65.0 Å². The van der Waals surface area contributed by atoms with E-state index < -0.39 is 0 Å². The second-order valence-corrected chi connectivity index (χ2v) is 6.11. The topological polar surface area (TPSA) is 63.2 Å². The summed E-state index contributed by atoms with van der Waals surface area (Å²) < 4.78 is 5.38. The Bertz CT molecular complexity index is 817. The van der Waals surface area contributed by atoms with Crippen molar-refractivity contribution >= 4 is 23.1 Å². The van der Waals surface area contributed by atoms with E-state index in [2.05, 4.69) is 21.0 Å². The van der Waals surface area contributed by atoms with E-state index in [4.69, 9.17) is 4.74 Å². The predicted octanol–water partition coefficient (Wildman–Crippen LogP) is 4.53. The van der Waals surface area contributed by atoms with Crippen molar-refractivity contribution in [2.75, 3.05) is 11.9 Å². The molecule has 0 aliphatic rings. The van der Waals surface area contributed by atoms with Crippen LogP contribution in [0.25, 0.3) is 11.3 Å². The van der Waals surface area contributed by atoms with Gasteiger partial charge >= 0.3 is 6.03 Å². The smallest absolute Gasteiger partial charge is 0.319 e. The lowest BCUT2D eigenvalue weighted by Crippen LogP contribution is -2.28. The van der Waals surface area contributed by atoms with Gasteiger partial charge in [0.05, 0.1) is 12.3 Å². The number of benzene rings is 1. The lowest BCUT2D eigenvalue weighted by atomic mass is 10.1. The first-order chi connectivity index (χ1) is 12.2. The van der Waals surface area contributed by atoms with Crippen molar-refractivity contribution in [2.45, 2.75) is 13.5 Å². The minimum Gasteiger partial charge on any atom is -0.494 e. The van der Waals surface area contributed by atoms with E-state index in [-0.39, 0.29) is 6.03 Å². The van der Waals surface area contributed by atoms with Crippen LogP contribution < -0.4 is 15.4 Å². The fourth-order valence-electron chi connectivity index (χ4n) is 2.31. The van der Waals surface area contributed by atoms with Gasteiger partial charge in [-0.25, -0.2) is 4.79 Å². The second kappa shape index (κ2) is 8.30. The van der Waals surface area contributed by atoms with Crippen LogP contribution in [0.15, 0.2) is 59.4 Å². The molecule has 0 atom stereocenters. The molecule has 2 heterocycles. The average molecular weight is 353 g/mol. The van der Waals surface area contributed by atoms with Crippen molar-refractivity contribution in [2.24, 2.45) is 0 Å². The van der Waals surface area contributed by atoms with E-state index in [0.29, 0.717) is 13.2 Å². The fraction of sp³-hybridized carbons (Fsp3) is 0.158.